The fourth-order valence-corrected chi connectivity index (χ4v) is 2.44. The van der Waals surface area contributed by atoms with Gasteiger partial charge in [-0.15, -0.1) is 0 Å². The normalized spacial score (nSPS) is 23.2. The number of rotatable bonds is 0. The third-order valence-corrected chi connectivity index (χ3v) is 3.33. The quantitative estimate of drug-likeness (QED) is 0.671. The molecule has 1 heterocycles. The maximum absolute atomic E-state index is 3.57. The van der Waals surface area contributed by atoms with Gasteiger partial charge >= 0.3 is 0 Å². The topological polar surface area (TPSA) is 12.0 Å². The van der Waals surface area contributed by atoms with Gasteiger partial charge in [-0.25, -0.2) is 0 Å². The molecule has 0 aromatic heterocycles. The lowest BCUT2D eigenvalue weighted by Gasteiger charge is -2.19. The molecule has 1 aliphatic heterocycles. The maximum atomic E-state index is 3.57. The molecule has 76 valence electrons. The molecule has 0 saturated carbocycles. The van der Waals surface area contributed by atoms with Crippen LogP contribution in [0.5, 0.6) is 0 Å². The first kappa shape index (κ1) is 8.78. The van der Waals surface area contributed by atoms with Gasteiger partial charge in [0.05, 0.1) is 0 Å². The minimum absolute atomic E-state index is 0.697. The Labute approximate surface area is 90.5 Å². The minimum Gasteiger partial charge on any atom is -0.358 e. The van der Waals surface area contributed by atoms with Gasteiger partial charge in [-0.3, -0.25) is 0 Å². The van der Waals surface area contributed by atoms with Crippen molar-refractivity contribution in [2.75, 3.05) is 5.32 Å². The molecular weight excluding hydrogens is 182 g/mol. The Balaban J connectivity index is 1.99. The molecule has 0 bridgehead atoms. The van der Waals surface area contributed by atoms with Gasteiger partial charge in [-0.1, -0.05) is 30.4 Å². The van der Waals surface area contributed by atoms with E-state index in [4.69, 9.17) is 0 Å². The second-order valence-electron chi connectivity index (χ2n) is 4.30. The molecule has 0 saturated heterocycles. The van der Waals surface area contributed by atoms with Crippen LogP contribution in [-0.2, 0) is 6.42 Å². The van der Waals surface area contributed by atoms with Crippen LogP contribution >= 0.6 is 0 Å². The molecule has 1 unspecified atom stereocenters. The molecular formula is C14H15N. The summed E-state index contributed by atoms with van der Waals surface area (Å²) in [6.45, 7) is 0. The number of anilines is 1. The van der Waals surface area contributed by atoms with Gasteiger partial charge in [0, 0.05) is 17.3 Å². The van der Waals surface area contributed by atoms with Gasteiger partial charge < -0.3 is 5.32 Å². The standard InChI is InChI=1S/C14H15N/c1-3-7-13-11(5-1)9-10-12-6-2-4-8-14(12)15-13/h1-5,7-8,12,15H,6,9-10H2. The van der Waals surface area contributed by atoms with E-state index < -0.39 is 0 Å². The van der Waals surface area contributed by atoms with Crippen molar-refractivity contribution >= 4 is 5.69 Å². The van der Waals surface area contributed by atoms with Crippen LogP contribution in [0, 0.1) is 5.92 Å². The van der Waals surface area contributed by atoms with Gasteiger partial charge in [0.25, 0.3) is 0 Å². The predicted molar refractivity (Wildman–Crippen MR) is 63.7 cm³/mol. The van der Waals surface area contributed by atoms with Crippen LogP contribution < -0.4 is 5.32 Å². The molecule has 1 N–H and O–H groups in total. The Kier molecular flexibility index (Phi) is 2.09. The second-order valence-corrected chi connectivity index (χ2v) is 4.30. The lowest BCUT2D eigenvalue weighted by molar-refractivity contribution is 0.574. The van der Waals surface area contributed by atoms with Gasteiger partial charge in [0.15, 0.2) is 0 Å². The van der Waals surface area contributed by atoms with Crippen molar-refractivity contribution in [3.8, 4) is 0 Å². The van der Waals surface area contributed by atoms with E-state index in [1.807, 2.05) is 0 Å². The number of nitrogens with one attached hydrogen (secondary N) is 1. The molecule has 0 radical (unpaired) electrons. The van der Waals surface area contributed by atoms with Crippen LogP contribution in [0.1, 0.15) is 18.4 Å². The molecule has 1 aromatic carbocycles. The van der Waals surface area contributed by atoms with Gasteiger partial charge in [0.2, 0.25) is 0 Å². The number of hydrogen-bond acceptors (Lipinski definition) is 1. The predicted octanol–water partition coefficient (Wildman–Crippen LogP) is 3.50. The summed E-state index contributed by atoms with van der Waals surface area (Å²) in [5.41, 5.74) is 4.14. The summed E-state index contributed by atoms with van der Waals surface area (Å²) < 4.78 is 0. The van der Waals surface area contributed by atoms with E-state index in [1.54, 1.807) is 0 Å². The summed E-state index contributed by atoms with van der Waals surface area (Å²) in [6.07, 6.45) is 10.3. The summed E-state index contributed by atoms with van der Waals surface area (Å²) in [5, 5.41) is 3.57. The fourth-order valence-electron chi connectivity index (χ4n) is 2.44. The Morgan fingerprint density at radius 3 is 3.13 bits per heavy atom. The third-order valence-electron chi connectivity index (χ3n) is 3.33. The Hall–Kier alpha value is -1.50. The largest absolute Gasteiger partial charge is 0.358 e. The molecule has 1 atom stereocenters. The number of fused-ring (bicyclic) bond motifs is 2. The van der Waals surface area contributed by atoms with Crippen LogP contribution in [0.15, 0.2) is 48.2 Å². The average Bonchev–Trinajstić information content (AvgIpc) is 2.48. The molecule has 0 fully saturated rings. The second kappa shape index (κ2) is 3.58. The molecule has 1 heteroatoms. The number of hydrogen-bond donors (Lipinski definition) is 1. The highest BCUT2D eigenvalue weighted by Crippen LogP contribution is 2.32. The molecule has 1 aliphatic carbocycles. The highest BCUT2D eigenvalue weighted by Gasteiger charge is 2.19. The zero-order valence-electron chi connectivity index (χ0n) is 8.74. The van der Waals surface area contributed by atoms with E-state index in [-0.39, 0.29) is 0 Å². The average molecular weight is 197 g/mol. The van der Waals surface area contributed by atoms with Crippen molar-refractivity contribution in [2.24, 2.45) is 5.92 Å². The first-order chi connectivity index (χ1) is 7.43. The molecule has 0 spiro atoms. The summed E-state index contributed by atoms with van der Waals surface area (Å²) >= 11 is 0. The Morgan fingerprint density at radius 1 is 1.20 bits per heavy atom. The van der Waals surface area contributed by atoms with Crippen LogP contribution in [0.4, 0.5) is 5.69 Å². The molecule has 15 heavy (non-hydrogen) atoms. The van der Waals surface area contributed by atoms with E-state index in [9.17, 15) is 0 Å². The van der Waals surface area contributed by atoms with Gasteiger partial charge in [0.1, 0.15) is 0 Å². The van der Waals surface area contributed by atoms with Crippen LogP contribution in [0.3, 0.4) is 0 Å². The van der Waals surface area contributed by atoms with Gasteiger partial charge in [-0.05, 0) is 37.0 Å². The molecule has 0 amide bonds. The lowest BCUT2D eigenvalue weighted by Crippen LogP contribution is -2.11. The number of para-hydroxylation sites is 1. The first-order valence-corrected chi connectivity index (χ1v) is 5.65. The van der Waals surface area contributed by atoms with Crippen LogP contribution in [0.25, 0.3) is 0 Å². The zero-order chi connectivity index (χ0) is 10.1. The van der Waals surface area contributed by atoms with Crippen molar-refractivity contribution in [3.63, 3.8) is 0 Å². The van der Waals surface area contributed by atoms with Crippen LogP contribution in [-0.4, -0.2) is 0 Å². The monoisotopic (exact) mass is 197 g/mol. The first-order valence-electron chi connectivity index (χ1n) is 5.65. The number of allylic oxidation sites excluding steroid dienone is 4. The van der Waals surface area contributed by atoms with E-state index in [1.165, 1.54) is 36.2 Å². The summed E-state index contributed by atoms with van der Waals surface area (Å²) in [6, 6.07) is 8.64. The minimum atomic E-state index is 0.697. The molecule has 1 aromatic rings. The number of benzene rings is 1. The van der Waals surface area contributed by atoms with E-state index in [0.29, 0.717) is 5.92 Å². The van der Waals surface area contributed by atoms with Gasteiger partial charge in [-0.2, -0.15) is 0 Å². The van der Waals surface area contributed by atoms with Crippen molar-refractivity contribution < 1.29 is 0 Å². The third kappa shape index (κ3) is 1.58. The van der Waals surface area contributed by atoms with Crippen molar-refractivity contribution in [1.29, 1.82) is 0 Å². The number of aryl methyl sites for hydroxylation is 1. The Bertz CT molecular complexity index is 429. The highest BCUT2D eigenvalue weighted by atomic mass is 14.9. The maximum Gasteiger partial charge on any atom is 0.0414 e. The highest BCUT2D eigenvalue weighted by molar-refractivity contribution is 5.57. The lowest BCUT2D eigenvalue weighted by atomic mass is 9.92. The Morgan fingerprint density at radius 2 is 2.13 bits per heavy atom. The smallest absolute Gasteiger partial charge is 0.0414 e. The van der Waals surface area contributed by atoms with E-state index in [0.717, 1.165) is 0 Å². The van der Waals surface area contributed by atoms with E-state index in [2.05, 4.69) is 47.8 Å². The van der Waals surface area contributed by atoms with Crippen molar-refractivity contribution in [1.82, 2.24) is 0 Å². The summed E-state index contributed by atoms with van der Waals surface area (Å²) in [7, 11) is 0. The SMILES string of the molecule is C1=CCC2CCc3ccccc3NC2=C1. The zero-order valence-corrected chi connectivity index (χ0v) is 8.74. The molecule has 2 aliphatic rings. The van der Waals surface area contributed by atoms with E-state index >= 15 is 0 Å². The molecule has 3 rings (SSSR count). The summed E-state index contributed by atoms with van der Waals surface area (Å²) in [5.74, 6) is 0.697. The summed E-state index contributed by atoms with van der Waals surface area (Å²) in [4.78, 5) is 0. The van der Waals surface area contributed by atoms with Crippen LogP contribution in [0.2, 0.25) is 0 Å². The van der Waals surface area contributed by atoms with Crippen molar-refractivity contribution in [3.05, 3.63) is 53.8 Å². The fraction of sp³-hybridized carbons (Fsp3) is 0.286. The van der Waals surface area contributed by atoms with Crippen molar-refractivity contribution in [2.45, 2.75) is 19.3 Å². The molecule has 1 nitrogen and oxygen atoms in total.